The van der Waals surface area contributed by atoms with Crippen LogP contribution in [-0.4, -0.2) is 26.4 Å². The lowest BCUT2D eigenvalue weighted by atomic mass is 9.68. The van der Waals surface area contributed by atoms with Crippen LogP contribution in [0.1, 0.15) is 55.3 Å². The van der Waals surface area contributed by atoms with Gasteiger partial charge in [0.1, 0.15) is 11.6 Å². The Labute approximate surface area is 167 Å². The average Bonchev–Trinajstić information content (AvgIpc) is 2.95. The summed E-state index contributed by atoms with van der Waals surface area (Å²) in [6.07, 6.45) is -0.196. The van der Waals surface area contributed by atoms with Crippen molar-refractivity contribution in [1.29, 1.82) is 0 Å². The van der Waals surface area contributed by atoms with Crippen molar-refractivity contribution in [3.8, 4) is 11.4 Å². The Kier molecular flexibility index (Phi) is 4.41. The molecule has 0 atom stereocenters. The highest BCUT2D eigenvalue weighted by Crippen LogP contribution is 2.52. The fourth-order valence-corrected chi connectivity index (χ4v) is 4.47. The van der Waals surface area contributed by atoms with E-state index in [-0.39, 0.29) is 36.2 Å². The zero-order valence-corrected chi connectivity index (χ0v) is 16.5. The van der Waals surface area contributed by atoms with Crippen molar-refractivity contribution in [2.45, 2.75) is 51.1 Å². The standard InChI is InChI=1S/C23H23F2NO3/c1-12(2)21-20(14-10-23(25,11-14)22(28)29)17-9-16(27)5-7-19(17)26(21)15-4-6-18(24)13(3)8-15/h4-9,12,14,27H,10-11H2,1-3H3,(H,28,29). The van der Waals surface area contributed by atoms with Crippen molar-refractivity contribution in [3.63, 3.8) is 0 Å². The van der Waals surface area contributed by atoms with E-state index in [1.165, 1.54) is 6.07 Å². The van der Waals surface area contributed by atoms with Gasteiger partial charge >= 0.3 is 5.97 Å². The van der Waals surface area contributed by atoms with E-state index in [1.807, 2.05) is 18.4 Å². The highest BCUT2D eigenvalue weighted by Gasteiger charge is 2.53. The average molecular weight is 399 g/mol. The number of carbonyl (C=O) groups is 1. The van der Waals surface area contributed by atoms with E-state index in [2.05, 4.69) is 0 Å². The first-order valence-electron chi connectivity index (χ1n) is 9.68. The summed E-state index contributed by atoms with van der Waals surface area (Å²) in [5.74, 6) is -1.85. The van der Waals surface area contributed by atoms with E-state index < -0.39 is 11.6 Å². The number of hydrogen-bond donors (Lipinski definition) is 2. The maximum absolute atomic E-state index is 14.5. The Morgan fingerprint density at radius 1 is 1.21 bits per heavy atom. The van der Waals surface area contributed by atoms with Gasteiger partial charge in [-0.1, -0.05) is 13.8 Å². The molecule has 152 valence electrons. The van der Waals surface area contributed by atoms with Gasteiger partial charge in [0, 0.05) is 16.8 Å². The van der Waals surface area contributed by atoms with Crippen molar-refractivity contribution < 1.29 is 23.8 Å². The van der Waals surface area contributed by atoms with Gasteiger partial charge in [-0.25, -0.2) is 13.6 Å². The van der Waals surface area contributed by atoms with Crippen LogP contribution in [0.25, 0.3) is 16.6 Å². The number of benzene rings is 2. The molecule has 0 aliphatic heterocycles. The number of carboxylic acid groups (broad SMARTS) is 1. The minimum Gasteiger partial charge on any atom is -0.508 e. The lowest BCUT2D eigenvalue weighted by molar-refractivity contribution is -0.158. The first-order valence-corrected chi connectivity index (χ1v) is 9.68. The highest BCUT2D eigenvalue weighted by molar-refractivity contribution is 5.90. The Morgan fingerprint density at radius 2 is 1.90 bits per heavy atom. The van der Waals surface area contributed by atoms with Crippen LogP contribution in [0, 0.1) is 12.7 Å². The summed E-state index contributed by atoms with van der Waals surface area (Å²) in [7, 11) is 0. The summed E-state index contributed by atoms with van der Waals surface area (Å²) in [6.45, 7) is 5.73. The van der Waals surface area contributed by atoms with E-state index >= 15 is 0 Å². The molecule has 1 aromatic heterocycles. The van der Waals surface area contributed by atoms with Crippen LogP contribution in [-0.2, 0) is 4.79 Å². The molecule has 2 aromatic carbocycles. The van der Waals surface area contributed by atoms with E-state index in [9.17, 15) is 23.8 Å². The zero-order valence-electron chi connectivity index (χ0n) is 16.5. The quantitative estimate of drug-likeness (QED) is 0.602. The molecule has 4 rings (SSSR count). The molecule has 1 aliphatic rings. The third-order valence-electron chi connectivity index (χ3n) is 5.91. The maximum atomic E-state index is 14.5. The molecule has 0 unspecified atom stereocenters. The van der Waals surface area contributed by atoms with Gasteiger partial charge in [-0.2, -0.15) is 0 Å². The molecular weight excluding hydrogens is 376 g/mol. The predicted molar refractivity (Wildman–Crippen MR) is 107 cm³/mol. The zero-order chi connectivity index (χ0) is 21.1. The predicted octanol–water partition coefficient (Wildman–Crippen LogP) is 5.58. The van der Waals surface area contributed by atoms with E-state index in [0.29, 0.717) is 5.56 Å². The van der Waals surface area contributed by atoms with Crippen molar-refractivity contribution in [3.05, 3.63) is 59.0 Å². The topological polar surface area (TPSA) is 62.5 Å². The van der Waals surface area contributed by atoms with Crippen LogP contribution in [0.5, 0.6) is 5.75 Å². The monoisotopic (exact) mass is 399 g/mol. The number of phenolic OH excluding ortho intramolecular Hbond substituents is 1. The number of phenols is 1. The molecule has 6 heteroatoms. The Balaban J connectivity index is 1.98. The molecule has 0 amide bonds. The van der Waals surface area contributed by atoms with E-state index in [4.69, 9.17) is 0 Å². The van der Waals surface area contributed by atoms with Crippen LogP contribution in [0.4, 0.5) is 8.78 Å². The van der Waals surface area contributed by atoms with Gasteiger partial charge in [0.2, 0.25) is 5.67 Å². The van der Waals surface area contributed by atoms with Gasteiger partial charge in [0.25, 0.3) is 0 Å². The molecule has 0 radical (unpaired) electrons. The molecule has 1 fully saturated rings. The van der Waals surface area contributed by atoms with Crippen molar-refractivity contribution in [1.82, 2.24) is 4.57 Å². The van der Waals surface area contributed by atoms with Gasteiger partial charge in [-0.15, -0.1) is 0 Å². The van der Waals surface area contributed by atoms with Gasteiger partial charge < -0.3 is 14.8 Å². The third kappa shape index (κ3) is 2.98. The van der Waals surface area contributed by atoms with Crippen LogP contribution in [0.2, 0.25) is 0 Å². The highest BCUT2D eigenvalue weighted by atomic mass is 19.1. The van der Waals surface area contributed by atoms with Gasteiger partial charge in [-0.05, 0) is 79.1 Å². The molecule has 0 bridgehead atoms. The van der Waals surface area contributed by atoms with Crippen LogP contribution in [0.15, 0.2) is 36.4 Å². The number of aryl methyl sites for hydroxylation is 1. The minimum atomic E-state index is -2.21. The summed E-state index contributed by atoms with van der Waals surface area (Å²) in [6, 6.07) is 9.89. The molecule has 1 saturated carbocycles. The molecule has 0 saturated heterocycles. The maximum Gasteiger partial charge on any atom is 0.341 e. The number of carboxylic acids is 1. The van der Waals surface area contributed by atoms with Gasteiger partial charge in [0.15, 0.2) is 0 Å². The van der Waals surface area contributed by atoms with Crippen molar-refractivity contribution in [2.75, 3.05) is 0 Å². The van der Waals surface area contributed by atoms with Crippen molar-refractivity contribution in [2.24, 2.45) is 0 Å². The van der Waals surface area contributed by atoms with Gasteiger partial charge in [-0.3, -0.25) is 0 Å². The summed E-state index contributed by atoms with van der Waals surface area (Å²) in [5, 5.41) is 20.0. The van der Waals surface area contributed by atoms with Crippen molar-refractivity contribution >= 4 is 16.9 Å². The fourth-order valence-electron chi connectivity index (χ4n) is 4.47. The normalized spacial score (nSPS) is 21.5. The lowest BCUT2D eigenvalue weighted by Gasteiger charge is -2.39. The number of fused-ring (bicyclic) bond motifs is 1. The minimum absolute atomic E-state index is 0.0457. The van der Waals surface area contributed by atoms with Gasteiger partial charge in [0.05, 0.1) is 5.52 Å². The number of hydrogen-bond acceptors (Lipinski definition) is 2. The Hall–Kier alpha value is -2.89. The number of aromatic hydroxyl groups is 1. The van der Waals surface area contributed by atoms with E-state index in [1.54, 1.807) is 37.3 Å². The molecule has 1 aliphatic carbocycles. The number of halogens is 2. The first kappa shape index (κ1) is 19.4. The fraction of sp³-hybridized carbons (Fsp3) is 0.348. The van der Waals surface area contributed by atoms with Crippen LogP contribution >= 0.6 is 0 Å². The largest absolute Gasteiger partial charge is 0.508 e. The third-order valence-corrected chi connectivity index (χ3v) is 5.91. The second kappa shape index (κ2) is 6.58. The van der Waals surface area contributed by atoms with Crippen LogP contribution < -0.4 is 0 Å². The number of nitrogens with zero attached hydrogens (tertiary/aromatic N) is 1. The molecular formula is C23H23F2NO3. The Morgan fingerprint density at radius 3 is 2.48 bits per heavy atom. The molecule has 4 nitrogen and oxygen atoms in total. The molecule has 3 aromatic rings. The Bertz CT molecular complexity index is 1130. The number of rotatable bonds is 4. The molecule has 2 N–H and O–H groups in total. The second-order valence-electron chi connectivity index (χ2n) is 8.30. The number of aliphatic carboxylic acids is 1. The number of aromatic nitrogens is 1. The smallest absolute Gasteiger partial charge is 0.341 e. The van der Waals surface area contributed by atoms with E-state index in [0.717, 1.165) is 27.8 Å². The van der Waals surface area contributed by atoms with Crippen LogP contribution in [0.3, 0.4) is 0 Å². The molecule has 0 spiro atoms. The number of alkyl halides is 1. The second-order valence-corrected chi connectivity index (χ2v) is 8.30. The summed E-state index contributed by atoms with van der Waals surface area (Å²) < 4.78 is 30.4. The SMILES string of the molecule is Cc1cc(-n2c(C(C)C)c(C3CC(F)(C(=O)O)C3)c3cc(O)ccc32)ccc1F. The summed E-state index contributed by atoms with van der Waals surface area (Å²) >= 11 is 0. The summed E-state index contributed by atoms with van der Waals surface area (Å²) in [5.41, 5.74) is 1.68. The molecule has 1 heterocycles. The summed E-state index contributed by atoms with van der Waals surface area (Å²) in [4.78, 5) is 11.3. The first-order chi connectivity index (χ1) is 13.6. The lowest BCUT2D eigenvalue weighted by Crippen LogP contribution is -2.45. The molecule has 29 heavy (non-hydrogen) atoms.